The highest BCUT2D eigenvalue weighted by Gasteiger charge is 2.22. The summed E-state index contributed by atoms with van der Waals surface area (Å²) in [5, 5.41) is 0. The van der Waals surface area contributed by atoms with Crippen molar-refractivity contribution in [3.8, 4) is 0 Å². The van der Waals surface area contributed by atoms with Gasteiger partial charge in [-0.2, -0.15) is 0 Å². The minimum absolute atomic E-state index is 0.0788. The molecule has 3 heteroatoms. The van der Waals surface area contributed by atoms with Crippen molar-refractivity contribution in [3.05, 3.63) is 95.4 Å². The molecule has 2 aromatic carbocycles. The van der Waals surface area contributed by atoms with Crippen LogP contribution >= 0.6 is 0 Å². The normalized spacial score (nSPS) is 10.3. The lowest BCUT2D eigenvalue weighted by Gasteiger charge is -2.02. The Morgan fingerprint density at radius 3 is 1.76 bits per heavy atom. The average Bonchev–Trinajstić information content (AvgIpc) is 3.04. The van der Waals surface area contributed by atoms with Gasteiger partial charge >= 0.3 is 0 Å². The molecule has 1 heterocycles. The van der Waals surface area contributed by atoms with Gasteiger partial charge in [0.05, 0.1) is 11.8 Å². The maximum Gasteiger partial charge on any atom is 0.228 e. The standard InChI is InChI=1S/C18H12O3/c19-16(13-7-3-1-4-8-13)15-11-12-21-18(15)17(20)14-9-5-2-6-10-14/h1-12H. The van der Waals surface area contributed by atoms with Gasteiger partial charge in [-0.15, -0.1) is 0 Å². The van der Waals surface area contributed by atoms with E-state index in [1.807, 2.05) is 12.1 Å². The number of carbonyl (C=O) groups excluding carboxylic acids is 2. The van der Waals surface area contributed by atoms with E-state index in [4.69, 9.17) is 4.42 Å². The Morgan fingerprint density at radius 2 is 1.19 bits per heavy atom. The van der Waals surface area contributed by atoms with Crippen LogP contribution in [0, 0.1) is 0 Å². The Kier molecular flexibility index (Phi) is 3.48. The van der Waals surface area contributed by atoms with E-state index >= 15 is 0 Å². The molecule has 1 aromatic heterocycles. The van der Waals surface area contributed by atoms with Gasteiger partial charge in [-0.3, -0.25) is 9.59 Å². The smallest absolute Gasteiger partial charge is 0.228 e. The van der Waals surface area contributed by atoms with Gasteiger partial charge in [0.2, 0.25) is 5.78 Å². The molecule has 0 spiro atoms. The first-order valence-corrected chi connectivity index (χ1v) is 6.54. The fourth-order valence-corrected chi connectivity index (χ4v) is 2.13. The van der Waals surface area contributed by atoms with Crippen LogP contribution in [0.4, 0.5) is 0 Å². The second-order valence-electron chi connectivity index (χ2n) is 4.55. The minimum atomic E-state index is -0.292. The molecule has 0 radical (unpaired) electrons. The van der Waals surface area contributed by atoms with E-state index in [0.717, 1.165) is 0 Å². The van der Waals surface area contributed by atoms with Crippen LogP contribution in [0.2, 0.25) is 0 Å². The van der Waals surface area contributed by atoms with Crippen molar-refractivity contribution in [2.24, 2.45) is 0 Å². The summed E-state index contributed by atoms with van der Waals surface area (Å²) in [5.41, 5.74) is 1.31. The van der Waals surface area contributed by atoms with Gasteiger partial charge < -0.3 is 4.42 Å². The maximum absolute atomic E-state index is 12.5. The molecular weight excluding hydrogens is 264 g/mol. The van der Waals surface area contributed by atoms with Crippen LogP contribution in [0.1, 0.15) is 32.0 Å². The predicted octanol–water partition coefficient (Wildman–Crippen LogP) is 3.74. The molecule has 3 rings (SSSR count). The fourth-order valence-electron chi connectivity index (χ4n) is 2.13. The maximum atomic E-state index is 12.5. The quantitative estimate of drug-likeness (QED) is 0.682. The van der Waals surface area contributed by atoms with Crippen LogP contribution in [-0.4, -0.2) is 11.6 Å². The summed E-state index contributed by atoms with van der Waals surface area (Å²) < 4.78 is 5.25. The SMILES string of the molecule is O=C(c1ccccc1)c1ccoc1C(=O)c1ccccc1. The summed E-state index contributed by atoms with van der Waals surface area (Å²) in [6, 6.07) is 19.1. The Morgan fingerprint density at radius 1 is 0.667 bits per heavy atom. The molecule has 0 atom stereocenters. The molecule has 21 heavy (non-hydrogen) atoms. The van der Waals surface area contributed by atoms with Crippen LogP contribution in [0.25, 0.3) is 0 Å². The molecule has 3 nitrogen and oxygen atoms in total. The second-order valence-corrected chi connectivity index (χ2v) is 4.55. The van der Waals surface area contributed by atoms with Gasteiger partial charge in [0.1, 0.15) is 0 Å². The average molecular weight is 276 g/mol. The van der Waals surface area contributed by atoms with E-state index in [-0.39, 0.29) is 22.9 Å². The summed E-state index contributed by atoms with van der Waals surface area (Å²) in [5.74, 6) is -0.432. The highest BCUT2D eigenvalue weighted by molar-refractivity contribution is 6.18. The van der Waals surface area contributed by atoms with Crippen LogP contribution < -0.4 is 0 Å². The van der Waals surface area contributed by atoms with Crippen molar-refractivity contribution in [1.29, 1.82) is 0 Å². The molecular formula is C18H12O3. The molecule has 3 aromatic rings. The first-order valence-electron chi connectivity index (χ1n) is 6.54. The van der Waals surface area contributed by atoms with E-state index in [0.29, 0.717) is 11.1 Å². The van der Waals surface area contributed by atoms with E-state index in [1.165, 1.54) is 12.3 Å². The van der Waals surface area contributed by atoms with Crippen LogP contribution in [0.3, 0.4) is 0 Å². The molecule has 0 aliphatic carbocycles. The van der Waals surface area contributed by atoms with Crippen LogP contribution in [0.15, 0.2) is 77.4 Å². The Hall–Kier alpha value is -2.94. The third-order valence-corrected chi connectivity index (χ3v) is 3.19. The number of hydrogen-bond donors (Lipinski definition) is 0. The minimum Gasteiger partial charge on any atom is -0.460 e. The van der Waals surface area contributed by atoms with Crippen molar-refractivity contribution >= 4 is 11.6 Å². The fraction of sp³-hybridized carbons (Fsp3) is 0. The first kappa shape index (κ1) is 13.1. The van der Waals surface area contributed by atoms with E-state index in [1.54, 1.807) is 48.5 Å². The lowest BCUT2D eigenvalue weighted by atomic mass is 10.00. The highest BCUT2D eigenvalue weighted by Crippen LogP contribution is 2.19. The molecule has 0 N–H and O–H groups in total. The van der Waals surface area contributed by atoms with Crippen molar-refractivity contribution in [2.45, 2.75) is 0 Å². The molecule has 0 aliphatic heterocycles. The molecule has 0 amide bonds. The monoisotopic (exact) mass is 276 g/mol. The number of rotatable bonds is 4. The molecule has 0 bridgehead atoms. The molecule has 0 aliphatic rings. The van der Waals surface area contributed by atoms with E-state index in [9.17, 15) is 9.59 Å². The predicted molar refractivity (Wildman–Crippen MR) is 78.5 cm³/mol. The lowest BCUT2D eigenvalue weighted by molar-refractivity contribution is 0.0984. The Labute approximate surface area is 121 Å². The van der Waals surface area contributed by atoms with Crippen molar-refractivity contribution in [1.82, 2.24) is 0 Å². The Balaban J connectivity index is 1.99. The number of ketones is 2. The van der Waals surface area contributed by atoms with Crippen LogP contribution in [0.5, 0.6) is 0 Å². The van der Waals surface area contributed by atoms with Gasteiger partial charge in [0.25, 0.3) is 0 Å². The lowest BCUT2D eigenvalue weighted by Crippen LogP contribution is -2.08. The summed E-state index contributed by atoms with van der Waals surface area (Å²) in [6.45, 7) is 0. The van der Waals surface area contributed by atoms with Crippen molar-refractivity contribution in [2.75, 3.05) is 0 Å². The van der Waals surface area contributed by atoms with Crippen LogP contribution in [-0.2, 0) is 0 Å². The van der Waals surface area contributed by atoms with Crippen molar-refractivity contribution in [3.63, 3.8) is 0 Å². The van der Waals surface area contributed by atoms with Gasteiger partial charge in [-0.1, -0.05) is 60.7 Å². The highest BCUT2D eigenvalue weighted by atomic mass is 16.3. The van der Waals surface area contributed by atoms with Gasteiger partial charge in [0, 0.05) is 11.1 Å². The van der Waals surface area contributed by atoms with E-state index < -0.39 is 0 Å². The summed E-state index contributed by atoms with van der Waals surface area (Å²) in [6.07, 6.45) is 1.37. The van der Waals surface area contributed by atoms with Gasteiger partial charge in [-0.25, -0.2) is 0 Å². The Bertz CT molecular complexity index is 704. The number of furan rings is 1. The summed E-state index contributed by atoms with van der Waals surface area (Å²) >= 11 is 0. The summed E-state index contributed by atoms with van der Waals surface area (Å²) in [4.78, 5) is 24.9. The van der Waals surface area contributed by atoms with Gasteiger partial charge in [0.15, 0.2) is 11.5 Å². The molecule has 0 unspecified atom stereocenters. The second kappa shape index (κ2) is 5.59. The molecule has 0 saturated heterocycles. The molecule has 0 fully saturated rings. The number of hydrogen-bond acceptors (Lipinski definition) is 3. The molecule has 0 saturated carbocycles. The number of benzene rings is 2. The topological polar surface area (TPSA) is 47.3 Å². The zero-order chi connectivity index (χ0) is 14.7. The third kappa shape index (κ3) is 2.54. The summed E-state index contributed by atoms with van der Waals surface area (Å²) in [7, 11) is 0. The zero-order valence-electron chi connectivity index (χ0n) is 11.2. The van der Waals surface area contributed by atoms with Crippen molar-refractivity contribution < 1.29 is 14.0 Å². The molecule has 102 valence electrons. The third-order valence-electron chi connectivity index (χ3n) is 3.19. The number of carbonyl (C=O) groups is 2. The van der Waals surface area contributed by atoms with E-state index in [2.05, 4.69) is 0 Å². The first-order chi connectivity index (χ1) is 10.3. The largest absolute Gasteiger partial charge is 0.460 e. The van der Waals surface area contributed by atoms with Gasteiger partial charge in [-0.05, 0) is 6.07 Å². The zero-order valence-corrected chi connectivity index (χ0v) is 11.2.